The van der Waals surface area contributed by atoms with Crippen LogP contribution in [0.5, 0.6) is 11.5 Å². The topological polar surface area (TPSA) is 72.2 Å². The lowest BCUT2D eigenvalue weighted by molar-refractivity contribution is -0.0810. The van der Waals surface area contributed by atoms with Gasteiger partial charge in [0.1, 0.15) is 59.8 Å². The molecule has 0 radical (unpaired) electrons. The number of halogens is 2. The molecule has 0 amide bonds. The van der Waals surface area contributed by atoms with Crippen LogP contribution < -0.4 is 9.47 Å². The first-order valence-electron chi connectivity index (χ1n) is 20.9. The molecule has 0 spiro atoms. The van der Waals surface area contributed by atoms with Crippen molar-refractivity contribution < 1.29 is 41.2 Å². The molecule has 0 saturated carbocycles. The molecule has 0 aliphatic carbocycles. The van der Waals surface area contributed by atoms with Crippen molar-refractivity contribution in [3.63, 3.8) is 0 Å². The van der Waals surface area contributed by atoms with E-state index in [1.165, 1.54) is 6.07 Å². The maximum Gasteiger partial charge on any atom is 0.259 e. The molecule has 0 aromatic heterocycles. The number of rotatable bonds is 19. The molecule has 1 heterocycles. The van der Waals surface area contributed by atoms with Gasteiger partial charge < -0.3 is 37.3 Å². The highest BCUT2D eigenvalue weighted by molar-refractivity contribution is 7.44. The quantitative estimate of drug-likeness (QED) is 0.0303. The first-order valence-corrected chi connectivity index (χ1v) is 24.9. The molecule has 0 N–H and O–H groups in total. The Labute approximate surface area is 364 Å². The van der Waals surface area contributed by atoms with Crippen molar-refractivity contribution >= 4 is 16.8 Å². The normalized spacial score (nSPS) is 19.1. The van der Waals surface area contributed by atoms with E-state index in [1.54, 1.807) is 21.1 Å². The Bertz CT molecular complexity index is 2000. The molecular formula is C48H63F2N2O7PSi. The van der Waals surface area contributed by atoms with Crippen molar-refractivity contribution in [1.82, 2.24) is 4.67 Å². The SMILES string of the molecule is [C-]#[N+]CCOP(O[C@@H]1C(O[Si](C)(C)C(C)(C)C)[C@H](c2cc(C)c(F)cc2F)O[C@@H]1COC(c1ccccc1)(c1ccc(OC)cc1)c1ccc(OC)cc1)N(C(C)C)C(C)C. The number of ether oxygens (including phenoxy) is 4. The van der Waals surface area contributed by atoms with E-state index in [4.69, 9.17) is 39.0 Å². The van der Waals surface area contributed by atoms with Crippen molar-refractivity contribution in [2.45, 2.75) is 116 Å². The van der Waals surface area contributed by atoms with Gasteiger partial charge in [0.15, 0.2) is 8.32 Å². The van der Waals surface area contributed by atoms with E-state index in [2.05, 4.69) is 71.1 Å². The van der Waals surface area contributed by atoms with Gasteiger partial charge in [0.2, 0.25) is 6.54 Å². The number of methoxy groups -OCH3 is 2. The van der Waals surface area contributed by atoms with Crippen LogP contribution >= 0.6 is 8.53 Å². The van der Waals surface area contributed by atoms with Gasteiger partial charge in [-0.1, -0.05) is 75.4 Å². The van der Waals surface area contributed by atoms with Crippen molar-refractivity contribution in [3.05, 3.63) is 142 Å². The van der Waals surface area contributed by atoms with Gasteiger partial charge in [-0.25, -0.2) is 20.0 Å². The lowest BCUT2D eigenvalue weighted by atomic mass is 9.80. The van der Waals surface area contributed by atoms with Crippen molar-refractivity contribution in [1.29, 1.82) is 0 Å². The molecule has 1 saturated heterocycles. The van der Waals surface area contributed by atoms with E-state index in [0.29, 0.717) is 11.5 Å². The minimum Gasteiger partial charge on any atom is -0.497 e. The first kappa shape index (κ1) is 48.3. The van der Waals surface area contributed by atoms with Crippen LogP contribution in [-0.4, -0.2) is 77.4 Å². The highest BCUT2D eigenvalue weighted by Gasteiger charge is 2.54. The molecule has 2 unspecified atom stereocenters. The molecular weight excluding hydrogens is 814 g/mol. The monoisotopic (exact) mass is 876 g/mol. The standard InChI is InChI=1S/C48H63F2N2O7PSi/c1-32(2)52(33(3)4)60(56-28-27-51-9)58-45-43(57-44(40-29-34(5)41(49)30-42(40)50)46(45)59-61(12,13)47(6,7)8)31-55-48(35-17-15-14-16-18-35,36-19-23-38(53-10)24-20-36)37-21-25-39(54-11)26-22-37/h14-26,29-30,32-33,43-46H,27-28,31H2,1-8,10-13H3/t43-,44+,45+,46?,60?/m1/s1. The summed E-state index contributed by atoms with van der Waals surface area (Å²) in [4.78, 5) is 3.54. The third-order valence-corrected chi connectivity index (χ3v) is 18.2. The van der Waals surface area contributed by atoms with Gasteiger partial charge in [-0.2, -0.15) is 0 Å². The molecule has 1 fully saturated rings. The van der Waals surface area contributed by atoms with E-state index < -0.39 is 58.5 Å². The average Bonchev–Trinajstić information content (AvgIpc) is 3.54. The van der Waals surface area contributed by atoms with Crippen LogP contribution in [0, 0.1) is 25.1 Å². The van der Waals surface area contributed by atoms with Crippen LogP contribution in [0.1, 0.15) is 82.4 Å². The maximum absolute atomic E-state index is 16.2. The Morgan fingerprint density at radius 2 is 1.34 bits per heavy atom. The number of hydrogen-bond acceptors (Lipinski definition) is 8. The van der Waals surface area contributed by atoms with Gasteiger partial charge in [0, 0.05) is 23.7 Å². The van der Waals surface area contributed by atoms with E-state index in [1.807, 2.05) is 78.9 Å². The number of benzene rings is 4. The van der Waals surface area contributed by atoms with E-state index in [0.717, 1.165) is 22.8 Å². The number of nitrogens with zero attached hydrogens (tertiary/aromatic N) is 2. The maximum atomic E-state index is 16.2. The van der Waals surface area contributed by atoms with Gasteiger partial charge in [0.25, 0.3) is 8.53 Å². The largest absolute Gasteiger partial charge is 0.497 e. The van der Waals surface area contributed by atoms with Crippen LogP contribution in [0.25, 0.3) is 4.85 Å². The highest BCUT2D eigenvalue weighted by atomic mass is 31.2. The zero-order valence-electron chi connectivity index (χ0n) is 37.7. The van der Waals surface area contributed by atoms with Gasteiger partial charge >= 0.3 is 0 Å². The average molecular weight is 877 g/mol. The van der Waals surface area contributed by atoms with Crippen LogP contribution in [0.4, 0.5) is 8.78 Å². The van der Waals surface area contributed by atoms with E-state index in [9.17, 15) is 4.39 Å². The lowest BCUT2D eigenvalue weighted by Crippen LogP contribution is -2.49. The molecule has 13 heteroatoms. The van der Waals surface area contributed by atoms with Crippen molar-refractivity contribution in [2.24, 2.45) is 0 Å². The summed E-state index contributed by atoms with van der Waals surface area (Å²) < 4.78 is 79.9. The number of aryl methyl sites for hydroxylation is 1. The second-order valence-corrected chi connectivity index (χ2v) is 23.6. The Hall–Kier alpha value is -3.76. The summed E-state index contributed by atoms with van der Waals surface area (Å²) in [6.07, 6.45) is -3.60. The molecule has 0 bridgehead atoms. The summed E-state index contributed by atoms with van der Waals surface area (Å²) in [5.74, 6) is -0.0235. The molecule has 4 aromatic rings. The molecule has 330 valence electrons. The second-order valence-electron chi connectivity index (χ2n) is 17.5. The van der Waals surface area contributed by atoms with Gasteiger partial charge in [0.05, 0.1) is 20.8 Å². The predicted molar refractivity (Wildman–Crippen MR) is 240 cm³/mol. The summed E-state index contributed by atoms with van der Waals surface area (Å²) in [5.41, 5.74) is 1.73. The zero-order chi connectivity index (χ0) is 44.7. The fourth-order valence-corrected chi connectivity index (χ4v) is 10.5. The molecule has 1 aliphatic rings. The van der Waals surface area contributed by atoms with Crippen molar-refractivity contribution in [2.75, 3.05) is 34.0 Å². The summed E-state index contributed by atoms with van der Waals surface area (Å²) in [6.45, 7) is 28.3. The minimum absolute atomic E-state index is 0.000281. The third kappa shape index (κ3) is 10.9. The molecule has 61 heavy (non-hydrogen) atoms. The smallest absolute Gasteiger partial charge is 0.259 e. The minimum atomic E-state index is -2.65. The fraction of sp³-hybridized carbons (Fsp3) is 0.479. The van der Waals surface area contributed by atoms with Crippen LogP contribution in [0.2, 0.25) is 18.1 Å². The predicted octanol–water partition coefficient (Wildman–Crippen LogP) is 11.8. The molecule has 9 nitrogen and oxygen atoms in total. The summed E-state index contributed by atoms with van der Waals surface area (Å²) in [6, 6.07) is 27.9. The van der Waals surface area contributed by atoms with Crippen molar-refractivity contribution in [3.8, 4) is 11.5 Å². The molecule has 5 rings (SSSR count). The summed E-state index contributed by atoms with van der Waals surface area (Å²) in [5, 5.41) is -0.252. The van der Waals surface area contributed by atoms with Crippen LogP contribution in [-0.2, 0) is 28.5 Å². The summed E-state index contributed by atoms with van der Waals surface area (Å²) >= 11 is 0. The van der Waals surface area contributed by atoms with E-state index in [-0.39, 0.29) is 48.0 Å². The van der Waals surface area contributed by atoms with Gasteiger partial charge in [-0.05, 0) is 105 Å². The zero-order valence-corrected chi connectivity index (χ0v) is 39.6. The molecule has 5 atom stereocenters. The Balaban J connectivity index is 1.74. The molecule has 4 aromatic carbocycles. The van der Waals surface area contributed by atoms with Gasteiger partial charge in [-0.3, -0.25) is 0 Å². The summed E-state index contributed by atoms with van der Waals surface area (Å²) in [7, 11) is -1.23. The molecule has 1 aliphatic heterocycles. The first-order chi connectivity index (χ1) is 28.9. The van der Waals surface area contributed by atoms with Crippen LogP contribution in [0.3, 0.4) is 0 Å². The van der Waals surface area contributed by atoms with E-state index >= 15 is 4.39 Å². The Morgan fingerprint density at radius 1 is 0.803 bits per heavy atom. The fourth-order valence-electron chi connectivity index (χ4n) is 7.46. The Kier molecular flexibility index (Phi) is 16.3. The number of hydrogen-bond donors (Lipinski definition) is 0. The lowest BCUT2D eigenvalue weighted by Gasteiger charge is -2.42. The third-order valence-electron chi connectivity index (χ3n) is 11.6. The second kappa shape index (κ2) is 20.6. The Morgan fingerprint density at radius 3 is 1.84 bits per heavy atom. The van der Waals surface area contributed by atoms with Gasteiger partial charge in [-0.15, -0.1) is 0 Å². The van der Waals surface area contributed by atoms with Crippen LogP contribution in [0.15, 0.2) is 91.0 Å². The highest BCUT2D eigenvalue weighted by Crippen LogP contribution is 2.53.